The van der Waals surface area contributed by atoms with Crippen molar-refractivity contribution < 1.29 is 29.3 Å². The monoisotopic (exact) mass is 451 g/mol. The quantitative estimate of drug-likeness (QED) is 0.323. The molecule has 1 atom stereocenters. The average Bonchev–Trinajstić information content (AvgIpc) is 3.27. The summed E-state index contributed by atoms with van der Waals surface area (Å²) in [6, 6.07) is 9.11. The van der Waals surface area contributed by atoms with Crippen LogP contribution in [0.3, 0.4) is 0 Å². The molecular weight excluding hydrogens is 426 g/mol. The number of aromatic nitrogens is 2. The second-order valence-corrected chi connectivity index (χ2v) is 7.62. The van der Waals surface area contributed by atoms with E-state index in [1.807, 2.05) is 6.07 Å². The van der Waals surface area contributed by atoms with Crippen molar-refractivity contribution in [2.24, 2.45) is 0 Å². The van der Waals surface area contributed by atoms with Crippen LogP contribution in [0.1, 0.15) is 29.9 Å². The van der Waals surface area contributed by atoms with E-state index in [0.717, 1.165) is 0 Å². The second kappa shape index (κ2) is 8.95. The molecule has 1 fully saturated rings. The number of benzene rings is 1. The van der Waals surface area contributed by atoms with Gasteiger partial charge >= 0.3 is 0 Å². The van der Waals surface area contributed by atoms with Gasteiger partial charge in [0.05, 0.1) is 30.5 Å². The lowest BCUT2D eigenvalue weighted by Crippen LogP contribution is -2.32. The molecule has 3 heterocycles. The molecule has 0 saturated carbocycles. The number of aromatic hydroxyl groups is 1. The fourth-order valence-corrected chi connectivity index (χ4v) is 4.15. The molecule has 9 nitrogen and oxygen atoms in total. The second-order valence-electron chi connectivity index (χ2n) is 7.62. The van der Waals surface area contributed by atoms with Gasteiger partial charge in [0.1, 0.15) is 11.3 Å². The van der Waals surface area contributed by atoms with Crippen molar-refractivity contribution in [1.82, 2.24) is 14.3 Å². The first kappa shape index (κ1) is 22.3. The Morgan fingerprint density at radius 2 is 2.00 bits per heavy atom. The van der Waals surface area contributed by atoms with Gasteiger partial charge in [-0.25, -0.2) is 4.98 Å². The predicted octanol–water partition coefficient (Wildman–Crippen LogP) is 2.82. The molecule has 2 aromatic heterocycles. The van der Waals surface area contributed by atoms with E-state index in [0.29, 0.717) is 29.2 Å². The molecule has 0 radical (unpaired) electrons. The van der Waals surface area contributed by atoms with E-state index < -0.39 is 17.7 Å². The first-order chi connectivity index (χ1) is 15.9. The van der Waals surface area contributed by atoms with Crippen molar-refractivity contribution >= 4 is 23.1 Å². The fraction of sp³-hybridized carbons (Fsp3) is 0.292. The summed E-state index contributed by atoms with van der Waals surface area (Å²) in [5.41, 5.74) is 1.91. The Hall–Kier alpha value is -3.85. The summed E-state index contributed by atoms with van der Waals surface area (Å²) in [6.45, 7) is 4.17. The summed E-state index contributed by atoms with van der Waals surface area (Å²) in [6.07, 6.45) is 1.73. The number of pyridine rings is 1. The number of rotatable bonds is 7. The number of aliphatic hydroxyl groups is 1. The van der Waals surface area contributed by atoms with Crippen molar-refractivity contribution in [3.63, 3.8) is 0 Å². The lowest BCUT2D eigenvalue weighted by atomic mass is 9.96. The number of aryl methyl sites for hydroxylation is 1. The number of phenolic OH excluding ortho intramolecular Hbond substituents is 1. The molecule has 0 bridgehead atoms. The number of hydrogen-bond acceptors (Lipinski definition) is 7. The van der Waals surface area contributed by atoms with E-state index in [1.165, 1.54) is 18.1 Å². The number of hydrogen-bond donors (Lipinski definition) is 2. The zero-order chi connectivity index (χ0) is 23.7. The van der Waals surface area contributed by atoms with Crippen LogP contribution < -0.4 is 4.74 Å². The van der Waals surface area contributed by atoms with E-state index in [9.17, 15) is 19.8 Å². The molecule has 0 aliphatic carbocycles. The number of ether oxygens (including phenoxy) is 2. The van der Waals surface area contributed by atoms with Crippen LogP contribution in [0.25, 0.3) is 11.4 Å². The predicted molar refractivity (Wildman–Crippen MR) is 120 cm³/mol. The van der Waals surface area contributed by atoms with Gasteiger partial charge in [0, 0.05) is 19.9 Å². The highest BCUT2D eigenvalue weighted by Gasteiger charge is 2.46. The van der Waals surface area contributed by atoms with Crippen LogP contribution in [0.4, 0.5) is 0 Å². The third-order valence-electron chi connectivity index (χ3n) is 5.60. The zero-order valence-corrected chi connectivity index (χ0v) is 18.6. The van der Waals surface area contributed by atoms with E-state index in [1.54, 1.807) is 48.7 Å². The summed E-state index contributed by atoms with van der Waals surface area (Å²) < 4.78 is 12.3. The number of Topliss-reactive ketones (excluding diaryl/α,β-unsaturated/α-hetero) is 1. The van der Waals surface area contributed by atoms with Crippen molar-refractivity contribution in [3.8, 4) is 11.5 Å². The van der Waals surface area contributed by atoms with Gasteiger partial charge in [0.2, 0.25) is 0 Å². The molecule has 172 valence electrons. The van der Waals surface area contributed by atoms with Crippen molar-refractivity contribution in [1.29, 1.82) is 0 Å². The lowest BCUT2D eigenvalue weighted by molar-refractivity contribution is -0.140. The van der Waals surface area contributed by atoms with Crippen LogP contribution >= 0.6 is 0 Å². The topological polar surface area (TPSA) is 114 Å². The van der Waals surface area contributed by atoms with Crippen LogP contribution in [0.5, 0.6) is 11.5 Å². The molecule has 2 N–H and O–H groups in total. The molecule has 4 rings (SSSR count). The Morgan fingerprint density at radius 1 is 1.21 bits per heavy atom. The van der Waals surface area contributed by atoms with Gasteiger partial charge in [-0.3, -0.25) is 14.0 Å². The number of phenols is 1. The maximum Gasteiger partial charge on any atom is 0.295 e. The van der Waals surface area contributed by atoms with Crippen LogP contribution in [0.2, 0.25) is 0 Å². The molecule has 1 unspecified atom stereocenters. The minimum absolute atomic E-state index is 0.0574. The molecule has 0 spiro atoms. The number of carbonyl (C=O) groups excluding carboxylic acids is 2. The summed E-state index contributed by atoms with van der Waals surface area (Å²) >= 11 is 0. The smallest absolute Gasteiger partial charge is 0.295 e. The molecular formula is C24H25N3O6. The fourth-order valence-electron chi connectivity index (χ4n) is 4.15. The third kappa shape index (κ3) is 3.80. The summed E-state index contributed by atoms with van der Waals surface area (Å²) in [5.74, 6) is -1.70. The van der Waals surface area contributed by atoms with Crippen molar-refractivity contribution in [3.05, 3.63) is 65.1 Å². The molecule has 1 aromatic carbocycles. The van der Waals surface area contributed by atoms with Gasteiger partial charge in [0.25, 0.3) is 11.7 Å². The van der Waals surface area contributed by atoms with Gasteiger partial charge in [-0.2, -0.15) is 0 Å². The number of fused-ring (bicyclic) bond motifs is 1. The highest BCUT2D eigenvalue weighted by Crippen LogP contribution is 2.42. The number of carbonyl (C=O) groups is 2. The van der Waals surface area contributed by atoms with Gasteiger partial charge in [-0.05, 0) is 43.7 Å². The van der Waals surface area contributed by atoms with Crippen LogP contribution in [-0.4, -0.2) is 63.1 Å². The Balaban J connectivity index is 1.94. The Kier molecular flexibility index (Phi) is 6.06. The maximum atomic E-state index is 13.2. The normalized spacial score (nSPS) is 17.8. The van der Waals surface area contributed by atoms with Crippen LogP contribution in [0, 0.1) is 6.92 Å². The van der Waals surface area contributed by atoms with Gasteiger partial charge in [0.15, 0.2) is 17.3 Å². The Morgan fingerprint density at radius 3 is 2.73 bits per heavy atom. The van der Waals surface area contributed by atoms with Crippen molar-refractivity contribution in [2.45, 2.75) is 19.9 Å². The summed E-state index contributed by atoms with van der Waals surface area (Å²) in [4.78, 5) is 32.0. The third-order valence-corrected chi connectivity index (χ3v) is 5.60. The molecule has 9 heteroatoms. The minimum Gasteiger partial charge on any atom is -0.505 e. The van der Waals surface area contributed by atoms with E-state index >= 15 is 0 Å². The van der Waals surface area contributed by atoms with Gasteiger partial charge in [-0.1, -0.05) is 12.1 Å². The summed E-state index contributed by atoms with van der Waals surface area (Å²) in [7, 11) is 1.50. The number of nitrogens with zero attached hydrogens (tertiary/aromatic N) is 3. The number of likely N-dealkylation sites (tertiary alicyclic amines) is 1. The summed E-state index contributed by atoms with van der Waals surface area (Å²) in [5, 5.41) is 21.5. The van der Waals surface area contributed by atoms with E-state index in [2.05, 4.69) is 4.98 Å². The lowest BCUT2D eigenvalue weighted by Gasteiger charge is -2.25. The zero-order valence-electron chi connectivity index (χ0n) is 18.6. The number of ketones is 1. The van der Waals surface area contributed by atoms with Crippen LogP contribution in [0.15, 0.2) is 48.2 Å². The van der Waals surface area contributed by atoms with Gasteiger partial charge < -0.3 is 24.6 Å². The molecule has 1 saturated heterocycles. The number of methoxy groups -OCH3 is 1. The molecule has 1 amide bonds. The Labute approximate surface area is 190 Å². The van der Waals surface area contributed by atoms with Crippen LogP contribution in [-0.2, 0) is 14.3 Å². The minimum atomic E-state index is -0.895. The number of aliphatic hydroxyl groups excluding tert-OH is 1. The largest absolute Gasteiger partial charge is 0.505 e. The van der Waals surface area contributed by atoms with E-state index in [4.69, 9.17) is 9.47 Å². The van der Waals surface area contributed by atoms with Gasteiger partial charge in [-0.15, -0.1) is 0 Å². The maximum absolute atomic E-state index is 13.2. The molecule has 3 aromatic rings. The standard InChI is InChI=1S/C24H25N3O6/c1-4-33-17-13-15(8-9-16(17)28)21-19(23(30)24(31)27(21)11-12-32-3)22(29)20-14(2)25-18-7-5-6-10-26(18)20/h5-10,13,21,28-29H,4,11-12H2,1-3H3. The first-order valence-corrected chi connectivity index (χ1v) is 10.6. The van der Waals surface area contributed by atoms with E-state index in [-0.39, 0.29) is 36.0 Å². The Bertz CT molecular complexity index is 1260. The SMILES string of the molecule is CCOc1cc(C2C(=C(O)c3c(C)nc4ccccn34)C(=O)C(=O)N2CCOC)ccc1O. The van der Waals surface area contributed by atoms with Crippen molar-refractivity contribution in [2.75, 3.05) is 26.9 Å². The number of imidazole rings is 1. The molecule has 33 heavy (non-hydrogen) atoms. The highest BCUT2D eigenvalue weighted by molar-refractivity contribution is 6.46. The number of amides is 1. The molecule has 1 aliphatic heterocycles. The highest BCUT2D eigenvalue weighted by atomic mass is 16.5. The molecule has 1 aliphatic rings. The first-order valence-electron chi connectivity index (χ1n) is 10.6. The average molecular weight is 451 g/mol.